The van der Waals surface area contributed by atoms with Gasteiger partial charge in [-0.15, -0.1) is 0 Å². The number of nitrogens with one attached hydrogen (secondary N) is 1. The summed E-state index contributed by atoms with van der Waals surface area (Å²) < 4.78 is 44.8. The average Bonchev–Trinajstić information content (AvgIpc) is 2.66. The summed E-state index contributed by atoms with van der Waals surface area (Å²) >= 11 is 0. The number of hydrogen-bond acceptors (Lipinski definition) is 4. The Morgan fingerprint density at radius 2 is 1.62 bits per heavy atom. The van der Waals surface area contributed by atoms with E-state index in [9.17, 15) is 13.2 Å². The number of aromatic nitrogens is 2. The van der Waals surface area contributed by atoms with E-state index in [0.717, 1.165) is 11.8 Å². The molecule has 0 spiro atoms. The molecule has 0 amide bonds. The van der Waals surface area contributed by atoms with Crippen LogP contribution in [0.1, 0.15) is 37.5 Å². The van der Waals surface area contributed by atoms with Gasteiger partial charge in [-0.2, -0.15) is 13.2 Å². The molecule has 0 fully saturated rings. The van der Waals surface area contributed by atoms with Crippen molar-refractivity contribution in [2.45, 2.75) is 39.0 Å². The molecule has 0 aliphatic rings. The highest BCUT2D eigenvalue weighted by Gasteiger charge is 2.33. The summed E-state index contributed by atoms with van der Waals surface area (Å²) in [7, 11) is 0. The van der Waals surface area contributed by atoms with Crippen molar-refractivity contribution in [2.24, 2.45) is 0 Å². The Morgan fingerprint density at radius 1 is 0.931 bits per heavy atom. The monoisotopic (exact) mass is 401 g/mol. The zero-order chi connectivity index (χ0) is 21.1. The van der Waals surface area contributed by atoms with Crippen LogP contribution in [0.5, 0.6) is 5.88 Å². The quantitative estimate of drug-likeness (QED) is 0.560. The standard InChI is InChI=1S/C22H22F3N3O/c1-21(2,3)16-8-10-17(11-9-16)28-19-12-20(27-14-26-19)29-13-15-6-4-5-7-18(15)22(23,24)25/h4-12,14H,13H2,1-3H3,(H,26,27,28). The number of halogens is 3. The van der Waals surface area contributed by atoms with Crippen molar-refractivity contribution in [3.63, 3.8) is 0 Å². The molecule has 0 aliphatic carbocycles. The maximum absolute atomic E-state index is 13.1. The largest absolute Gasteiger partial charge is 0.473 e. The number of rotatable bonds is 5. The molecule has 152 valence electrons. The van der Waals surface area contributed by atoms with E-state index in [4.69, 9.17) is 4.74 Å². The van der Waals surface area contributed by atoms with Crippen LogP contribution in [0, 0.1) is 0 Å². The summed E-state index contributed by atoms with van der Waals surface area (Å²) in [5.74, 6) is 0.674. The Hall–Kier alpha value is -3.09. The number of benzene rings is 2. The zero-order valence-electron chi connectivity index (χ0n) is 16.4. The first-order valence-corrected chi connectivity index (χ1v) is 9.10. The molecule has 7 heteroatoms. The third-order valence-corrected chi connectivity index (χ3v) is 4.36. The Kier molecular flexibility index (Phi) is 5.77. The lowest BCUT2D eigenvalue weighted by molar-refractivity contribution is -0.138. The minimum absolute atomic E-state index is 0.0471. The van der Waals surface area contributed by atoms with Crippen molar-refractivity contribution in [1.82, 2.24) is 9.97 Å². The van der Waals surface area contributed by atoms with Crippen molar-refractivity contribution in [3.8, 4) is 5.88 Å². The van der Waals surface area contributed by atoms with Gasteiger partial charge in [-0.25, -0.2) is 9.97 Å². The second kappa shape index (κ2) is 8.11. The molecule has 0 bridgehead atoms. The Balaban J connectivity index is 1.69. The molecule has 2 aromatic carbocycles. The molecule has 1 heterocycles. The normalized spacial score (nSPS) is 11.9. The predicted octanol–water partition coefficient (Wildman–Crippen LogP) is 6.12. The molecular weight excluding hydrogens is 379 g/mol. The van der Waals surface area contributed by atoms with E-state index >= 15 is 0 Å². The first-order chi connectivity index (χ1) is 13.6. The number of nitrogens with zero attached hydrogens (tertiary/aromatic N) is 2. The lowest BCUT2D eigenvalue weighted by atomic mass is 9.87. The Morgan fingerprint density at radius 3 is 2.28 bits per heavy atom. The molecule has 0 atom stereocenters. The maximum atomic E-state index is 13.1. The molecule has 29 heavy (non-hydrogen) atoms. The molecule has 0 aliphatic heterocycles. The van der Waals surface area contributed by atoms with Crippen LogP contribution in [0.4, 0.5) is 24.7 Å². The first kappa shape index (κ1) is 20.6. The zero-order valence-corrected chi connectivity index (χ0v) is 16.4. The Labute approximate surface area is 167 Å². The summed E-state index contributed by atoms with van der Waals surface area (Å²) in [6.45, 7) is 6.17. The number of alkyl halides is 3. The molecule has 0 saturated heterocycles. The third kappa shape index (κ3) is 5.47. The highest BCUT2D eigenvalue weighted by atomic mass is 19.4. The van der Waals surface area contributed by atoms with Crippen LogP contribution in [-0.2, 0) is 18.2 Å². The SMILES string of the molecule is CC(C)(C)c1ccc(Nc2cc(OCc3ccccc3C(F)(F)F)ncn2)cc1. The van der Waals surface area contributed by atoms with Crippen molar-refractivity contribution in [1.29, 1.82) is 0 Å². The van der Waals surface area contributed by atoms with Crippen molar-refractivity contribution in [3.05, 3.63) is 77.6 Å². The smallest absolute Gasteiger partial charge is 0.416 e. The molecule has 3 aromatic rings. The van der Waals surface area contributed by atoms with Crippen LogP contribution in [-0.4, -0.2) is 9.97 Å². The van der Waals surface area contributed by atoms with E-state index in [-0.39, 0.29) is 23.5 Å². The van der Waals surface area contributed by atoms with Crippen LogP contribution in [0.2, 0.25) is 0 Å². The molecule has 0 saturated carbocycles. The van der Waals surface area contributed by atoms with E-state index < -0.39 is 11.7 Å². The predicted molar refractivity (Wildman–Crippen MR) is 106 cm³/mol. The van der Waals surface area contributed by atoms with Gasteiger partial charge in [0, 0.05) is 17.3 Å². The molecule has 4 nitrogen and oxygen atoms in total. The van der Waals surface area contributed by atoms with Crippen LogP contribution in [0.15, 0.2) is 60.9 Å². The molecule has 1 aromatic heterocycles. The fourth-order valence-corrected chi connectivity index (χ4v) is 2.76. The van der Waals surface area contributed by atoms with Crippen molar-refractivity contribution >= 4 is 11.5 Å². The topological polar surface area (TPSA) is 47.0 Å². The van der Waals surface area contributed by atoms with Gasteiger partial charge >= 0.3 is 6.18 Å². The van der Waals surface area contributed by atoms with Gasteiger partial charge in [-0.05, 0) is 29.2 Å². The molecule has 1 N–H and O–H groups in total. The van der Waals surface area contributed by atoms with Gasteiger partial charge in [-0.3, -0.25) is 0 Å². The third-order valence-electron chi connectivity index (χ3n) is 4.36. The van der Waals surface area contributed by atoms with Gasteiger partial charge in [0.15, 0.2) is 0 Å². The van der Waals surface area contributed by atoms with E-state index in [0.29, 0.717) is 5.82 Å². The van der Waals surface area contributed by atoms with E-state index in [2.05, 4.69) is 36.1 Å². The van der Waals surface area contributed by atoms with Crippen LogP contribution >= 0.6 is 0 Å². The summed E-state index contributed by atoms with van der Waals surface area (Å²) in [6, 6.07) is 14.8. The van der Waals surface area contributed by atoms with Crippen LogP contribution < -0.4 is 10.1 Å². The van der Waals surface area contributed by atoms with Crippen molar-refractivity contribution < 1.29 is 17.9 Å². The minimum atomic E-state index is -4.43. The van der Waals surface area contributed by atoms with E-state index in [1.54, 1.807) is 12.1 Å². The van der Waals surface area contributed by atoms with Crippen LogP contribution in [0.25, 0.3) is 0 Å². The first-order valence-electron chi connectivity index (χ1n) is 9.10. The second-order valence-electron chi connectivity index (χ2n) is 7.64. The van der Waals surface area contributed by atoms with E-state index in [1.807, 2.05) is 24.3 Å². The molecular formula is C22H22F3N3O. The van der Waals surface area contributed by atoms with Gasteiger partial charge in [0.25, 0.3) is 0 Å². The average molecular weight is 401 g/mol. The van der Waals surface area contributed by atoms with E-state index in [1.165, 1.54) is 24.0 Å². The highest BCUT2D eigenvalue weighted by molar-refractivity contribution is 5.57. The van der Waals surface area contributed by atoms with Gasteiger partial charge in [0.1, 0.15) is 18.8 Å². The fourth-order valence-electron chi connectivity index (χ4n) is 2.76. The minimum Gasteiger partial charge on any atom is -0.473 e. The van der Waals surface area contributed by atoms with Gasteiger partial charge in [0.05, 0.1) is 5.56 Å². The summed E-state index contributed by atoms with van der Waals surface area (Å²) in [5.41, 5.74) is 1.43. The lowest BCUT2D eigenvalue weighted by Gasteiger charge is -2.19. The summed E-state index contributed by atoms with van der Waals surface area (Å²) in [6.07, 6.45) is -3.13. The van der Waals surface area contributed by atoms with Gasteiger partial charge < -0.3 is 10.1 Å². The van der Waals surface area contributed by atoms with Gasteiger partial charge in [-0.1, -0.05) is 51.1 Å². The van der Waals surface area contributed by atoms with Crippen LogP contribution in [0.3, 0.4) is 0 Å². The number of ether oxygens (including phenoxy) is 1. The number of hydrogen-bond donors (Lipinski definition) is 1. The molecule has 0 radical (unpaired) electrons. The maximum Gasteiger partial charge on any atom is 0.416 e. The molecule has 3 rings (SSSR count). The summed E-state index contributed by atoms with van der Waals surface area (Å²) in [4.78, 5) is 8.12. The fraction of sp³-hybridized carbons (Fsp3) is 0.273. The lowest BCUT2D eigenvalue weighted by Crippen LogP contribution is -2.11. The molecule has 0 unspecified atom stereocenters. The highest BCUT2D eigenvalue weighted by Crippen LogP contribution is 2.32. The second-order valence-corrected chi connectivity index (χ2v) is 7.64. The Bertz CT molecular complexity index is 964. The number of anilines is 2. The van der Waals surface area contributed by atoms with Crippen molar-refractivity contribution in [2.75, 3.05) is 5.32 Å². The summed E-state index contributed by atoms with van der Waals surface area (Å²) in [5, 5.41) is 3.15. The van der Waals surface area contributed by atoms with Gasteiger partial charge in [0.2, 0.25) is 5.88 Å².